The van der Waals surface area contributed by atoms with Crippen molar-refractivity contribution >= 4 is 6.29 Å². The molecule has 0 saturated heterocycles. The van der Waals surface area contributed by atoms with Crippen LogP contribution in [-0.2, 0) is 6.54 Å². The molecule has 6 heteroatoms. The molecule has 0 N–H and O–H groups in total. The number of hydrogen-bond donors (Lipinski definition) is 0. The maximum Gasteiger partial charge on any atom is 0.172 e. The van der Waals surface area contributed by atoms with Crippen LogP contribution in [0.5, 0.6) is 0 Å². The highest BCUT2D eigenvalue weighted by Gasteiger charge is 2.14. The minimum absolute atomic E-state index is 0.267. The van der Waals surface area contributed by atoms with Gasteiger partial charge in [0.05, 0.1) is 12.2 Å². The maximum atomic E-state index is 12.9. The van der Waals surface area contributed by atoms with Gasteiger partial charge in [0, 0.05) is 18.0 Å². The largest absolute Gasteiger partial charge is 0.296 e. The van der Waals surface area contributed by atoms with Crippen LogP contribution in [-0.4, -0.2) is 26.3 Å². The van der Waals surface area contributed by atoms with Crippen molar-refractivity contribution in [2.45, 2.75) is 6.54 Å². The summed E-state index contributed by atoms with van der Waals surface area (Å²) in [6, 6.07) is 9.69. The van der Waals surface area contributed by atoms with Crippen LogP contribution in [0.4, 0.5) is 4.39 Å². The molecule has 0 bridgehead atoms. The highest BCUT2D eigenvalue weighted by Crippen LogP contribution is 2.21. The number of rotatable bonds is 4. The van der Waals surface area contributed by atoms with Crippen LogP contribution in [0.15, 0.2) is 48.8 Å². The van der Waals surface area contributed by atoms with Crippen LogP contribution in [0.1, 0.15) is 16.1 Å². The second-order valence-electron chi connectivity index (χ2n) is 4.46. The lowest BCUT2D eigenvalue weighted by molar-refractivity contribution is 0.111. The van der Waals surface area contributed by atoms with Gasteiger partial charge in [0.25, 0.3) is 0 Å². The van der Waals surface area contributed by atoms with Crippen LogP contribution in [0.3, 0.4) is 0 Å². The summed E-state index contributed by atoms with van der Waals surface area (Å²) in [5.41, 5.74) is 2.56. The molecule has 2 heterocycles. The lowest BCUT2D eigenvalue weighted by Crippen LogP contribution is -2.04. The molecule has 2 aromatic heterocycles. The van der Waals surface area contributed by atoms with Gasteiger partial charge in [-0.3, -0.25) is 9.78 Å². The zero-order valence-electron chi connectivity index (χ0n) is 11.0. The van der Waals surface area contributed by atoms with Crippen LogP contribution >= 0.6 is 0 Å². The minimum atomic E-state index is -0.291. The summed E-state index contributed by atoms with van der Waals surface area (Å²) in [5.74, 6) is -0.291. The first-order valence-electron chi connectivity index (χ1n) is 6.31. The third kappa shape index (κ3) is 2.69. The monoisotopic (exact) mass is 282 g/mol. The van der Waals surface area contributed by atoms with Gasteiger partial charge in [0.15, 0.2) is 12.0 Å². The van der Waals surface area contributed by atoms with Gasteiger partial charge in [-0.2, -0.15) is 0 Å². The Kier molecular flexibility index (Phi) is 3.51. The molecule has 104 valence electrons. The molecule has 0 unspecified atom stereocenters. The van der Waals surface area contributed by atoms with Gasteiger partial charge in [0.1, 0.15) is 5.82 Å². The molecule has 0 spiro atoms. The second-order valence-corrected chi connectivity index (χ2v) is 4.46. The normalized spacial score (nSPS) is 10.5. The fraction of sp³-hybridized carbons (Fsp3) is 0.0667. The fourth-order valence-electron chi connectivity index (χ4n) is 2.09. The highest BCUT2D eigenvalue weighted by molar-refractivity contribution is 5.83. The zero-order valence-corrected chi connectivity index (χ0v) is 11.0. The van der Waals surface area contributed by atoms with Crippen LogP contribution in [0.2, 0.25) is 0 Å². The smallest absolute Gasteiger partial charge is 0.172 e. The third-order valence-corrected chi connectivity index (χ3v) is 3.07. The average Bonchev–Trinajstić information content (AvgIpc) is 2.93. The molecular formula is C15H11FN4O. The van der Waals surface area contributed by atoms with Crippen molar-refractivity contribution < 1.29 is 9.18 Å². The minimum Gasteiger partial charge on any atom is -0.296 e. The van der Waals surface area contributed by atoms with E-state index in [1.54, 1.807) is 41.3 Å². The molecule has 0 radical (unpaired) electrons. The number of aromatic nitrogens is 4. The average molecular weight is 282 g/mol. The Morgan fingerprint density at radius 1 is 1.10 bits per heavy atom. The standard InChI is InChI=1S/C15H11FN4O/c16-13-3-1-11(2-4-13)9-20-15(14(10-21)18-19-20)12-5-7-17-8-6-12/h1-8,10H,9H2. The van der Waals surface area contributed by atoms with Crippen molar-refractivity contribution in [1.82, 2.24) is 20.0 Å². The Labute approximate surface area is 120 Å². The fourth-order valence-corrected chi connectivity index (χ4v) is 2.09. The molecule has 0 fully saturated rings. The summed E-state index contributed by atoms with van der Waals surface area (Å²) in [7, 11) is 0. The third-order valence-electron chi connectivity index (χ3n) is 3.07. The first kappa shape index (κ1) is 13.1. The van der Waals surface area contributed by atoms with E-state index in [4.69, 9.17) is 0 Å². The Morgan fingerprint density at radius 3 is 2.48 bits per heavy atom. The van der Waals surface area contributed by atoms with E-state index < -0.39 is 0 Å². The van der Waals surface area contributed by atoms with Gasteiger partial charge in [0.2, 0.25) is 0 Å². The lowest BCUT2D eigenvalue weighted by atomic mass is 10.1. The number of carbonyl (C=O) groups is 1. The number of pyridine rings is 1. The van der Waals surface area contributed by atoms with Crippen molar-refractivity contribution in [2.24, 2.45) is 0 Å². The zero-order chi connectivity index (χ0) is 14.7. The number of hydrogen-bond acceptors (Lipinski definition) is 4. The summed E-state index contributed by atoms with van der Waals surface area (Å²) in [4.78, 5) is 15.1. The van der Waals surface area contributed by atoms with Gasteiger partial charge >= 0.3 is 0 Å². The number of carbonyl (C=O) groups excluding carboxylic acids is 1. The van der Waals surface area contributed by atoms with Crippen LogP contribution in [0, 0.1) is 5.82 Å². The van der Waals surface area contributed by atoms with Crippen molar-refractivity contribution in [1.29, 1.82) is 0 Å². The van der Waals surface area contributed by atoms with E-state index in [1.165, 1.54) is 12.1 Å². The SMILES string of the molecule is O=Cc1nnn(Cc2ccc(F)cc2)c1-c1ccncc1. The molecule has 21 heavy (non-hydrogen) atoms. The molecule has 1 aromatic carbocycles. The topological polar surface area (TPSA) is 60.7 Å². The molecule has 5 nitrogen and oxygen atoms in total. The Bertz CT molecular complexity index is 753. The predicted octanol–water partition coefficient (Wildman–Crippen LogP) is 2.34. The molecule has 0 aliphatic rings. The number of nitrogens with zero attached hydrogens (tertiary/aromatic N) is 4. The van der Waals surface area contributed by atoms with Crippen molar-refractivity contribution in [3.8, 4) is 11.3 Å². The molecule has 3 rings (SSSR count). The van der Waals surface area contributed by atoms with Crippen LogP contribution < -0.4 is 0 Å². The number of benzene rings is 1. The Morgan fingerprint density at radius 2 is 1.81 bits per heavy atom. The molecule has 0 amide bonds. The summed E-state index contributed by atoms with van der Waals surface area (Å²) in [6.45, 7) is 0.402. The van der Waals surface area contributed by atoms with Gasteiger partial charge in [-0.05, 0) is 29.8 Å². The second kappa shape index (κ2) is 5.62. The number of aldehydes is 1. The van der Waals surface area contributed by atoms with E-state index in [0.29, 0.717) is 18.5 Å². The summed E-state index contributed by atoms with van der Waals surface area (Å²) in [5, 5.41) is 7.88. The van der Waals surface area contributed by atoms with E-state index in [0.717, 1.165) is 11.1 Å². The molecule has 0 saturated carbocycles. The van der Waals surface area contributed by atoms with Gasteiger partial charge < -0.3 is 0 Å². The number of halogens is 1. The molecule has 0 aliphatic heterocycles. The molecular weight excluding hydrogens is 271 g/mol. The van der Waals surface area contributed by atoms with Crippen molar-refractivity contribution in [2.75, 3.05) is 0 Å². The van der Waals surface area contributed by atoms with E-state index in [-0.39, 0.29) is 11.5 Å². The van der Waals surface area contributed by atoms with Crippen molar-refractivity contribution in [3.05, 3.63) is 65.9 Å². The lowest BCUT2D eigenvalue weighted by Gasteiger charge is -2.07. The Hall–Kier alpha value is -2.89. The van der Waals surface area contributed by atoms with Gasteiger partial charge in [-0.25, -0.2) is 9.07 Å². The van der Waals surface area contributed by atoms with Crippen molar-refractivity contribution in [3.63, 3.8) is 0 Å². The van der Waals surface area contributed by atoms with E-state index >= 15 is 0 Å². The highest BCUT2D eigenvalue weighted by atomic mass is 19.1. The first-order chi connectivity index (χ1) is 10.3. The maximum absolute atomic E-state index is 12.9. The van der Waals surface area contributed by atoms with Gasteiger partial charge in [-0.15, -0.1) is 5.10 Å². The van der Waals surface area contributed by atoms with E-state index in [1.807, 2.05) is 0 Å². The Balaban J connectivity index is 2.01. The molecule has 0 aliphatic carbocycles. The molecule has 0 atom stereocenters. The predicted molar refractivity (Wildman–Crippen MR) is 74.1 cm³/mol. The quantitative estimate of drug-likeness (QED) is 0.689. The summed E-state index contributed by atoms with van der Waals surface area (Å²) < 4.78 is 14.6. The molecule has 3 aromatic rings. The van der Waals surface area contributed by atoms with Gasteiger partial charge in [-0.1, -0.05) is 17.3 Å². The van der Waals surface area contributed by atoms with E-state index in [9.17, 15) is 9.18 Å². The van der Waals surface area contributed by atoms with Crippen LogP contribution in [0.25, 0.3) is 11.3 Å². The summed E-state index contributed by atoms with van der Waals surface area (Å²) in [6.07, 6.45) is 3.95. The first-order valence-corrected chi connectivity index (χ1v) is 6.31. The summed E-state index contributed by atoms with van der Waals surface area (Å²) >= 11 is 0. The van der Waals surface area contributed by atoms with E-state index in [2.05, 4.69) is 15.3 Å².